The number of aliphatic hydroxyl groups excluding tert-OH is 4. The van der Waals surface area contributed by atoms with Gasteiger partial charge in [-0.15, -0.1) is 0 Å². The number of hydrogen-bond acceptors (Lipinski definition) is 8. The molecule has 41 heavy (non-hydrogen) atoms. The van der Waals surface area contributed by atoms with Gasteiger partial charge in [-0.3, -0.25) is 4.79 Å². The average Bonchev–Trinajstić information content (AvgIpc) is 3.34. The Morgan fingerprint density at radius 3 is 2.39 bits per heavy atom. The van der Waals surface area contributed by atoms with Gasteiger partial charge in [-0.1, -0.05) is 42.5 Å². The van der Waals surface area contributed by atoms with E-state index >= 15 is 0 Å². The van der Waals surface area contributed by atoms with Crippen LogP contribution in [0.2, 0.25) is 0 Å². The van der Waals surface area contributed by atoms with Crippen LogP contribution in [0.25, 0.3) is 0 Å². The molecule has 1 aliphatic carbocycles. The molecule has 0 aromatic heterocycles. The van der Waals surface area contributed by atoms with Crippen LogP contribution in [0.1, 0.15) is 73.7 Å². The molecule has 0 heterocycles. The van der Waals surface area contributed by atoms with E-state index in [0.717, 1.165) is 51.4 Å². The number of hydrogen-bond donors (Lipinski definition) is 4. The minimum absolute atomic E-state index is 0.205. The summed E-state index contributed by atoms with van der Waals surface area (Å²) >= 11 is 0. The van der Waals surface area contributed by atoms with Crippen LogP contribution in [-0.4, -0.2) is 63.9 Å². The van der Waals surface area contributed by atoms with Crippen molar-refractivity contribution in [2.75, 3.05) is 13.2 Å². The summed E-state index contributed by atoms with van der Waals surface area (Å²) in [6, 6.07) is 16.1. The van der Waals surface area contributed by atoms with Gasteiger partial charge in [0.15, 0.2) is 0 Å². The highest BCUT2D eigenvalue weighted by molar-refractivity contribution is 5.89. The lowest BCUT2D eigenvalue weighted by atomic mass is 9.86. The van der Waals surface area contributed by atoms with Gasteiger partial charge >= 0.3 is 11.9 Å². The first-order valence-electron chi connectivity index (χ1n) is 14.7. The quantitative estimate of drug-likeness (QED) is 0.0957. The number of rotatable bonds is 17. The summed E-state index contributed by atoms with van der Waals surface area (Å²) in [5, 5.41) is 39.0. The number of carbonyl (C=O) groups is 2. The molecule has 4 N–H and O–H groups in total. The van der Waals surface area contributed by atoms with Gasteiger partial charge in [0.2, 0.25) is 0 Å². The van der Waals surface area contributed by atoms with Crippen molar-refractivity contribution in [2.24, 2.45) is 11.8 Å². The maximum atomic E-state index is 12.2. The summed E-state index contributed by atoms with van der Waals surface area (Å²) in [7, 11) is 0. The summed E-state index contributed by atoms with van der Waals surface area (Å²) in [5.41, 5.74) is 1.46. The standard InChI is InChI=1S/C33H44O8/c34-22-29(23-35)41-33(39)26-14-19-28(20-15-26)40-32(38)11-7-2-1-6-10-30-25(16-21-31(30)37)13-18-27(36)17-12-24-8-4-3-5-9-24/h1,3-6,8-9,14-15,19-20,25,27,29-31,34-37H,2,7,10-13,16-18,21-23H2/b6-1-/t25-,27-,30+,31-/m0/s1. The summed E-state index contributed by atoms with van der Waals surface area (Å²) in [6.07, 6.45) is 10.0. The molecule has 3 rings (SSSR count). The van der Waals surface area contributed by atoms with E-state index in [1.165, 1.54) is 29.8 Å². The highest BCUT2D eigenvalue weighted by atomic mass is 16.6. The van der Waals surface area contributed by atoms with Crippen molar-refractivity contribution in [3.05, 3.63) is 77.9 Å². The Bertz CT molecular complexity index is 1060. The number of aliphatic hydroxyl groups is 4. The van der Waals surface area contributed by atoms with Crippen LogP contribution in [0.5, 0.6) is 5.75 Å². The lowest BCUT2D eigenvalue weighted by molar-refractivity contribution is -0.134. The van der Waals surface area contributed by atoms with Crippen molar-refractivity contribution in [2.45, 2.75) is 82.5 Å². The van der Waals surface area contributed by atoms with Gasteiger partial charge in [0.1, 0.15) is 11.9 Å². The highest BCUT2D eigenvalue weighted by Gasteiger charge is 2.33. The van der Waals surface area contributed by atoms with Gasteiger partial charge < -0.3 is 29.9 Å². The van der Waals surface area contributed by atoms with E-state index in [-0.39, 0.29) is 36.1 Å². The highest BCUT2D eigenvalue weighted by Crippen LogP contribution is 2.38. The van der Waals surface area contributed by atoms with Gasteiger partial charge in [0.05, 0.1) is 31.0 Å². The number of benzene rings is 2. The zero-order valence-corrected chi connectivity index (χ0v) is 23.6. The third-order valence-corrected chi connectivity index (χ3v) is 7.74. The molecule has 4 atom stereocenters. The third-order valence-electron chi connectivity index (χ3n) is 7.74. The number of aryl methyl sites for hydroxylation is 1. The van der Waals surface area contributed by atoms with Gasteiger partial charge in [0, 0.05) is 6.42 Å². The average molecular weight is 569 g/mol. The van der Waals surface area contributed by atoms with E-state index in [0.29, 0.717) is 18.1 Å². The van der Waals surface area contributed by atoms with Crippen LogP contribution in [0.3, 0.4) is 0 Å². The maximum Gasteiger partial charge on any atom is 0.338 e. The van der Waals surface area contributed by atoms with Crippen molar-refractivity contribution in [3.63, 3.8) is 0 Å². The van der Waals surface area contributed by atoms with Gasteiger partial charge in [-0.2, -0.15) is 0 Å². The minimum atomic E-state index is -0.979. The first kappa shape index (κ1) is 32.5. The fraction of sp³-hybridized carbons (Fsp3) is 0.515. The fourth-order valence-electron chi connectivity index (χ4n) is 5.29. The monoisotopic (exact) mass is 568 g/mol. The predicted octanol–water partition coefficient (Wildman–Crippen LogP) is 4.38. The van der Waals surface area contributed by atoms with Crippen molar-refractivity contribution >= 4 is 11.9 Å². The Balaban J connectivity index is 1.31. The molecule has 1 fully saturated rings. The normalized spacial score (nSPS) is 19.5. The van der Waals surface area contributed by atoms with E-state index in [9.17, 15) is 19.8 Å². The van der Waals surface area contributed by atoms with E-state index in [1.807, 2.05) is 18.2 Å². The maximum absolute atomic E-state index is 12.2. The fourth-order valence-corrected chi connectivity index (χ4v) is 5.29. The smallest absolute Gasteiger partial charge is 0.338 e. The molecule has 0 aliphatic heterocycles. The summed E-state index contributed by atoms with van der Waals surface area (Å²) in [4.78, 5) is 24.2. The first-order valence-corrected chi connectivity index (χ1v) is 14.7. The number of unbranched alkanes of at least 4 members (excludes halogenated alkanes) is 1. The molecule has 1 saturated carbocycles. The number of carbonyl (C=O) groups excluding carboxylic acids is 2. The number of ether oxygens (including phenoxy) is 2. The Morgan fingerprint density at radius 2 is 1.68 bits per heavy atom. The lowest BCUT2D eigenvalue weighted by Crippen LogP contribution is -2.25. The predicted molar refractivity (Wildman–Crippen MR) is 155 cm³/mol. The molecule has 0 saturated heterocycles. The van der Waals surface area contributed by atoms with Crippen LogP contribution in [-0.2, 0) is 16.0 Å². The summed E-state index contributed by atoms with van der Waals surface area (Å²) in [6.45, 7) is -0.950. The van der Waals surface area contributed by atoms with Crippen LogP contribution < -0.4 is 4.74 Å². The Morgan fingerprint density at radius 1 is 0.951 bits per heavy atom. The molecule has 0 amide bonds. The number of esters is 2. The van der Waals surface area contributed by atoms with Crippen LogP contribution in [0.4, 0.5) is 0 Å². The Hall–Kier alpha value is -3.04. The Labute approximate surface area is 242 Å². The Kier molecular flexibility index (Phi) is 14.0. The van der Waals surface area contributed by atoms with Crippen LogP contribution in [0, 0.1) is 11.8 Å². The second-order valence-corrected chi connectivity index (χ2v) is 10.8. The van der Waals surface area contributed by atoms with E-state index < -0.39 is 25.3 Å². The summed E-state index contributed by atoms with van der Waals surface area (Å²) in [5.74, 6) is -0.123. The number of allylic oxidation sites excluding steroid dienone is 2. The molecular formula is C33H44O8. The second kappa shape index (κ2) is 17.7. The molecular weight excluding hydrogens is 524 g/mol. The molecule has 2 aromatic rings. The zero-order valence-electron chi connectivity index (χ0n) is 23.6. The molecule has 8 nitrogen and oxygen atoms in total. The summed E-state index contributed by atoms with van der Waals surface area (Å²) < 4.78 is 10.3. The third kappa shape index (κ3) is 11.4. The van der Waals surface area contributed by atoms with Gasteiger partial charge in [0.25, 0.3) is 0 Å². The molecule has 1 aliphatic rings. The molecule has 2 aromatic carbocycles. The lowest BCUT2D eigenvalue weighted by Gasteiger charge is -2.22. The van der Waals surface area contributed by atoms with E-state index in [2.05, 4.69) is 24.3 Å². The van der Waals surface area contributed by atoms with Crippen LogP contribution in [0.15, 0.2) is 66.7 Å². The molecule has 0 bridgehead atoms. The molecule has 0 radical (unpaired) electrons. The first-order chi connectivity index (χ1) is 19.9. The van der Waals surface area contributed by atoms with Crippen molar-refractivity contribution in [3.8, 4) is 5.75 Å². The molecule has 0 unspecified atom stereocenters. The zero-order chi connectivity index (χ0) is 29.5. The van der Waals surface area contributed by atoms with Crippen molar-refractivity contribution in [1.82, 2.24) is 0 Å². The SMILES string of the molecule is O=C(CCC/C=C\C[C@@H]1[C@@H](CC[C@@H](O)CCc2ccccc2)CC[C@@H]1O)Oc1ccc(C(=O)OC(CO)CO)cc1. The van der Waals surface area contributed by atoms with Crippen molar-refractivity contribution < 1.29 is 39.5 Å². The van der Waals surface area contributed by atoms with Gasteiger partial charge in [-0.25, -0.2) is 4.79 Å². The van der Waals surface area contributed by atoms with Crippen LogP contribution >= 0.6 is 0 Å². The van der Waals surface area contributed by atoms with E-state index in [4.69, 9.17) is 19.7 Å². The van der Waals surface area contributed by atoms with Gasteiger partial charge in [-0.05, 0) is 99.5 Å². The molecule has 224 valence electrons. The van der Waals surface area contributed by atoms with Crippen molar-refractivity contribution in [1.29, 1.82) is 0 Å². The molecule has 0 spiro atoms. The topological polar surface area (TPSA) is 134 Å². The largest absolute Gasteiger partial charge is 0.454 e. The van der Waals surface area contributed by atoms with E-state index in [1.54, 1.807) is 0 Å². The second-order valence-electron chi connectivity index (χ2n) is 10.8. The molecule has 8 heteroatoms. The minimum Gasteiger partial charge on any atom is -0.454 e.